The van der Waals surface area contributed by atoms with Gasteiger partial charge in [0, 0.05) is 25.8 Å². The van der Waals surface area contributed by atoms with E-state index < -0.39 is 6.04 Å². The molecule has 1 unspecified atom stereocenters. The van der Waals surface area contributed by atoms with Gasteiger partial charge in [0.1, 0.15) is 6.04 Å². The summed E-state index contributed by atoms with van der Waals surface area (Å²) in [6, 6.07) is -0.254. The molecule has 0 radical (unpaired) electrons. The monoisotopic (exact) mass is 259 g/mol. The molecular formula is C11H21N3O2S. The number of amides is 2. The molecule has 0 aliphatic carbocycles. The zero-order valence-corrected chi connectivity index (χ0v) is 11.3. The maximum Gasteiger partial charge on any atom is 0.245 e. The molecule has 1 atom stereocenters. The molecule has 2 N–H and O–H groups in total. The third-order valence-corrected chi connectivity index (χ3v) is 3.43. The topological polar surface area (TPSA) is 61.4 Å². The molecule has 1 heterocycles. The van der Waals surface area contributed by atoms with Crippen LogP contribution in [-0.4, -0.2) is 54.7 Å². The van der Waals surface area contributed by atoms with Crippen molar-refractivity contribution in [1.82, 2.24) is 15.5 Å². The van der Waals surface area contributed by atoms with Gasteiger partial charge in [-0.3, -0.25) is 9.59 Å². The van der Waals surface area contributed by atoms with Crippen LogP contribution in [0.2, 0.25) is 0 Å². The van der Waals surface area contributed by atoms with Crippen molar-refractivity contribution < 1.29 is 9.59 Å². The Bertz CT molecular complexity index is 280. The van der Waals surface area contributed by atoms with Gasteiger partial charge in [-0.25, -0.2) is 0 Å². The fraction of sp³-hybridized carbons (Fsp3) is 0.818. The molecule has 1 fully saturated rings. The zero-order chi connectivity index (χ0) is 12.8. The predicted octanol–water partition coefficient (Wildman–Crippen LogP) is -0.369. The van der Waals surface area contributed by atoms with Gasteiger partial charge in [0.25, 0.3) is 0 Å². The van der Waals surface area contributed by atoms with E-state index in [-0.39, 0.29) is 17.9 Å². The molecule has 1 aliphatic rings. The molecule has 1 rings (SSSR count). The summed E-state index contributed by atoms with van der Waals surface area (Å²) in [5.74, 6) is 0.0754. The van der Waals surface area contributed by atoms with E-state index in [0.717, 1.165) is 25.9 Å². The molecule has 0 saturated carbocycles. The highest BCUT2D eigenvalue weighted by molar-refractivity contribution is 7.80. The first-order chi connectivity index (χ1) is 8.06. The number of rotatable bonds is 4. The standard InChI is InChI=1S/C11H21N3O2S/c1-8(15)13-10(7-17)11(16)14(2)9-3-5-12-6-4-9/h9-10,12,17H,3-7H2,1-2H3,(H,13,15). The Morgan fingerprint density at radius 2 is 2.06 bits per heavy atom. The van der Waals surface area contributed by atoms with Crippen LogP contribution in [0.3, 0.4) is 0 Å². The highest BCUT2D eigenvalue weighted by Gasteiger charge is 2.27. The molecule has 2 amide bonds. The number of hydrogen-bond donors (Lipinski definition) is 3. The Balaban J connectivity index is 2.56. The Hall–Kier alpha value is -0.750. The second-order valence-corrected chi connectivity index (χ2v) is 4.73. The van der Waals surface area contributed by atoms with Crippen LogP contribution < -0.4 is 10.6 Å². The number of likely N-dealkylation sites (N-methyl/N-ethyl adjacent to an activating group) is 1. The highest BCUT2D eigenvalue weighted by atomic mass is 32.1. The van der Waals surface area contributed by atoms with Crippen LogP contribution in [0.25, 0.3) is 0 Å². The lowest BCUT2D eigenvalue weighted by Crippen LogP contribution is -2.52. The van der Waals surface area contributed by atoms with Crippen molar-refractivity contribution in [3.05, 3.63) is 0 Å². The summed E-state index contributed by atoms with van der Waals surface area (Å²) in [6.07, 6.45) is 1.92. The van der Waals surface area contributed by atoms with Gasteiger partial charge in [-0.15, -0.1) is 0 Å². The third-order valence-electron chi connectivity index (χ3n) is 3.06. The Kier molecular flexibility index (Phi) is 5.77. The first-order valence-electron chi connectivity index (χ1n) is 5.91. The van der Waals surface area contributed by atoms with Crippen LogP contribution in [0.1, 0.15) is 19.8 Å². The third kappa shape index (κ3) is 4.20. The van der Waals surface area contributed by atoms with E-state index in [2.05, 4.69) is 23.3 Å². The van der Waals surface area contributed by atoms with Gasteiger partial charge < -0.3 is 15.5 Å². The van der Waals surface area contributed by atoms with Crippen LogP contribution in [0.15, 0.2) is 0 Å². The minimum atomic E-state index is -0.518. The first-order valence-corrected chi connectivity index (χ1v) is 6.55. The average Bonchev–Trinajstić information content (AvgIpc) is 2.35. The largest absolute Gasteiger partial charge is 0.344 e. The quantitative estimate of drug-likeness (QED) is 0.604. The number of nitrogens with one attached hydrogen (secondary N) is 2. The van der Waals surface area contributed by atoms with Crippen LogP contribution >= 0.6 is 12.6 Å². The zero-order valence-electron chi connectivity index (χ0n) is 10.4. The Labute approximate surface area is 108 Å². The van der Waals surface area contributed by atoms with E-state index in [1.54, 1.807) is 11.9 Å². The van der Waals surface area contributed by atoms with Crippen LogP contribution in [0, 0.1) is 0 Å². The maximum atomic E-state index is 12.2. The van der Waals surface area contributed by atoms with E-state index >= 15 is 0 Å². The van der Waals surface area contributed by atoms with E-state index in [4.69, 9.17) is 0 Å². The number of thiol groups is 1. The molecule has 6 heteroatoms. The second-order valence-electron chi connectivity index (χ2n) is 4.37. The smallest absolute Gasteiger partial charge is 0.245 e. The fourth-order valence-corrected chi connectivity index (χ4v) is 2.30. The molecule has 1 saturated heterocycles. The van der Waals surface area contributed by atoms with Gasteiger partial charge in [0.05, 0.1) is 0 Å². The molecule has 5 nitrogen and oxygen atoms in total. The van der Waals surface area contributed by atoms with E-state index in [1.807, 2.05) is 0 Å². The summed E-state index contributed by atoms with van der Waals surface area (Å²) in [5, 5.41) is 5.89. The Morgan fingerprint density at radius 1 is 1.47 bits per heavy atom. The van der Waals surface area contributed by atoms with Crippen molar-refractivity contribution in [2.75, 3.05) is 25.9 Å². The molecule has 17 heavy (non-hydrogen) atoms. The van der Waals surface area contributed by atoms with Crippen molar-refractivity contribution in [1.29, 1.82) is 0 Å². The minimum absolute atomic E-state index is 0.0536. The number of carbonyl (C=O) groups excluding carboxylic acids is 2. The first kappa shape index (κ1) is 14.3. The van der Waals surface area contributed by atoms with E-state index in [0.29, 0.717) is 5.75 Å². The van der Waals surface area contributed by atoms with Crippen molar-refractivity contribution in [3.8, 4) is 0 Å². The normalized spacial score (nSPS) is 18.5. The van der Waals surface area contributed by atoms with Gasteiger partial charge in [0.15, 0.2) is 0 Å². The fourth-order valence-electron chi connectivity index (χ4n) is 2.05. The van der Waals surface area contributed by atoms with E-state index in [9.17, 15) is 9.59 Å². The van der Waals surface area contributed by atoms with Crippen LogP contribution in [0.5, 0.6) is 0 Å². The van der Waals surface area contributed by atoms with Gasteiger partial charge in [-0.2, -0.15) is 12.6 Å². The summed E-state index contributed by atoms with van der Waals surface area (Å²) in [5.41, 5.74) is 0. The second kappa shape index (κ2) is 6.86. The van der Waals surface area contributed by atoms with Crippen LogP contribution in [0.4, 0.5) is 0 Å². The molecule has 0 aromatic carbocycles. The number of hydrogen-bond acceptors (Lipinski definition) is 4. The SMILES string of the molecule is CC(=O)NC(CS)C(=O)N(C)C1CCNCC1. The van der Waals surface area contributed by atoms with Gasteiger partial charge >= 0.3 is 0 Å². The number of nitrogens with zero attached hydrogens (tertiary/aromatic N) is 1. The lowest BCUT2D eigenvalue weighted by atomic mass is 10.0. The summed E-state index contributed by atoms with van der Waals surface area (Å²) < 4.78 is 0. The molecule has 0 spiro atoms. The maximum absolute atomic E-state index is 12.2. The number of carbonyl (C=O) groups is 2. The highest BCUT2D eigenvalue weighted by Crippen LogP contribution is 2.11. The van der Waals surface area contributed by atoms with Crippen LogP contribution in [-0.2, 0) is 9.59 Å². The summed E-state index contributed by atoms with van der Waals surface area (Å²) in [6.45, 7) is 3.29. The van der Waals surface area contributed by atoms with Crippen molar-refractivity contribution >= 4 is 24.4 Å². The van der Waals surface area contributed by atoms with Gasteiger partial charge in [-0.05, 0) is 25.9 Å². The average molecular weight is 259 g/mol. The molecule has 0 aromatic rings. The van der Waals surface area contributed by atoms with Crippen molar-refractivity contribution in [3.63, 3.8) is 0 Å². The van der Waals surface area contributed by atoms with Gasteiger partial charge in [0.2, 0.25) is 11.8 Å². The lowest BCUT2D eigenvalue weighted by Gasteiger charge is -2.33. The predicted molar refractivity (Wildman–Crippen MR) is 70.1 cm³/mol. The summed E-state index contributed by atoms with van der Waals surface area (Å²) >= 11 is 4.11. The minimum Gasteiger partial charge on any atom is -0.344 e. The van der Waals surface area contributed by atoms with Gasteiger partial charge in [-0.1, -0.05) is 0 Å². The Morgan fingerprint density at radius 3 is 2.53 bits per heavy atom. The summed E-state index contributed by atoms with van der Waals surface area (Å²) in [4.78, 5) is 24.9. The molecule has 0 bridgehead atoms. The van der Waals surface area contributed by atoms with Crippen molar-refractivity contribution in [2.24, 2.45) is 0 Å². The molecular weight excluding hydrogens is 238 g/mol. The van der Waals surface area contributed by atoms with E-state index in [1.165, 1.54) is 6.92 Å². The number of piperidine rings is 1. The molecule has 98 valence electrons. The molecule has 1 aliphatic heterocycles. The van der Waals surface area contributed by atoms with Crippen molar-refractivity contribution in [2.45, 2.75) is 31.8 Å². The summed E-state index contributed by atoms with van der Waals surface area (Å²) in [7, 11) is 1.80. The molecule has 0 aromatic heterocycles. The lowest BCUT2D eigenvalue weighted by molar-refractivity contribution is -0.136.